The molecule has 1 aliphatic rings. The maximum atomic E-state index is 12.9. The van der Waals surface area contributed by atoms with Gasteiger partial charge in [-0.3, -0.25) is 9.69 Å². The van der Waals surface area contributed by atoms with Crippen molar-refractivity contribution in [2.24, 2.45) is 5.92 Å². The number of morpholine rings is 1. The van der Waals surface area contributed by atoms with Gasteiger partial charge in [-0.15, -0.1) is 5.10 Å². The summed E-state index contributed by atoms with van der Waals surface area (Å²) in [7, 11) is 0. The second kappa shape index (κ2) is 9.47. The van der Waals surface area contributed by atoms with Crippen LogP contribution in [0.25, 0.3) is 5.78 Å². The van der Waals surface area contributed by atoms with Gasteiger partial charge in [-0.1, -0.05) is 13.8 Å². The molecule has 0 bridgehead atoms. The first-order chi connectivity index (χ1) is 14.5. The highest BCUT2D eigenvalue weighted by Crippen LogP contribution is 2.27. The summed E-state index contributed by atoms with van der Waals surface area (Å²) in [5.41, 5.74) is 1.73. The molecule has 1 amide bonds. The molecule has 8 nitrogen and oxygen atoms in total. The summed E-state index contributed by atoms with van der Waals surface area (Å²) in [5.74, 6) is -0.895. The summed E-state index contributed by atoms with van der Waals surface area (Å²) in [6.45, 7) is 11.5. The Labute approximate surface area is 179 Å². The molecule has 1 atom stereocenters. The van der Waals surface area contributed by atoms with Crippen molar-refractivity contribution < 1.29 is 22.7 Å². The maximum Gasteiger partial charge on any atom is 0.453 e. The van der Waals surface area contributed by atoms with Crippen LogP contribution in [0.1, 0.15) is 43.0 Å². The van der Waals surface area contributed by atoms with Crippen molar-refractivity contribution in [1.29, 1.82) is 0 Å². The number of hydrogen-bond donors (Lipinski definition) is 1. The Hall–Kier alpha value is -2.27. The van der Waals surface area contributed by atoms with Gasteiger partial charge in [0.2, 0.25) is 5.91 Å². The van der Waals surface area contributed by atoms with Crippen molar-refractivity contribution in [2.45, 2.75) is 52.8 Å². The van der Waals surface area contributed by atoms with Crippen LogP contribution >= 0.6 is 0 Å². The topological polar surface area (TPSA) is 84.6 Å². The fraction of sp³-hybridized carbons (Fsp3) is 0.700. The predicted octanol–water partition coefficient (Wildman–Crippen LogP) is 2.17. The van der Waals surface area contributed by atoms with Crippen molar-refractivity contribution in [3.8, 4) is 0 Å². The number of aryl methyl sites for hydroxylation is 2. The van der Waals surface area contributed by atoms with Crippen LogP contribution in [0.15, 0.2) is 0 Å². The Balaban J connectivity index is 1.57. The number of halogens is 3. The summed E-state index contributed by atoms with van der Waals surface area (Å²) in [4.78, 5) is 22.3. The van der Waals surface area contributed by atoms with E-state index in [0.29, 0.717) is 42.4 Å². The quantitative estimate of drug-likeness (QED) is 0.708. The summed E-state index contributed by atoms with van der Waals surface area (Å²) in [5, 5.41) is 6.44. The minimum absolute atomic E-state index is 0.0473. The fourth-order valence-electron chi connectivity index (χ4n) is 3.83. The van der Waals surface area contributed by atoms with Gasteiger partial charge in [0.25, 0.3) is 11.6 Å². The Morgan fingerprint density at radius 3 is 2.71 bits per heavy atom. The SMILES string of the molecule is Cc1nc2nc(C(F)(F)F)nn2c(C)c1CCC(=O)NCC1CN(CC(C)C)CCO1. The number of nitrogens with one attached hydrogen (secondary N) is 1. The van der Waals surface area contributed by atoms with Gasteiger partial charge in [-0.05, 0) is 31.7 Å². The minimum atomic E-state index is -4.64. The molecule has 0 aromatic carbocycles. The van der Waals surface area contributed by atoms with Crippen molar-refractivity contribution in [3.63, 3.8) is 0 Å². The number of carbonyl (C=O) groups is 1. The molecule has 1 unspecified atom stereocenters. The molecule has 1 fully saturated rings. The van der Waals surface area contributed by atoms with E-state index in [1.165, 1.54) is 0 Å². The van der Waals surface area contributed by atoms with E-state index in [9.17, 15) is 18.0 Å². The van der Waals surface area contributed by atoms with E-state index >= 15 is 0 Å². The molecule has 0 aliphatic carbocycles. The molecular weight excluding hydrogens is 413 g/mol. The molecular formula is C20H29F3N6O2. The Morgan fingerprint density at radius 2 is 2.03 bits per heavy atom. The molecule has 0 spiro atoms. The average molecular weight is 442 g/mol. The van der Waals surface area contributed by atoms with Crippen LogP contribution in [0, 0.1) is 19.8 Å². The molecule has 0 saturated carbocycles. The number of alkyl halides is 3. The van der Waals surface area contributed by atoms with Gasteiger partial charge in [0.05, 0.1) is 12.7 Å². The lowest BCUT2D eigenvalue weighted by Crippen LogP contribution is -2.48. The zero-order valence-corrected chi connectivity index (χ0v) is 18.3. The molecule has 2 aromatic rings. The number of nitrogens with zero attached hydrogens (tertiary/aromatic N) is 5. The van der Waals surface area contributed by atoms with Gasteiger partial charge in [0, 0.05) is 44.0 Å². The summed E-state index contributed by atoms with van der Waals surface area (Å²) >= 11 is 0. The first-order valence-corrected chi connectivity index (χ1v) is 10.4. The highest BCUT2D eigenvalue weighted by molar-refractivity contribution is 5.76. The molecule has 31 heavy (non-hydrogen) atoms. The van der Waals surface area contributed by atoms with Crippen molar-refractivity contribution in [2.75, 3.05) is 32.8 Å². The van der Waals surface area contributed by atoms with Crippen LogP contribution in [-0.4, -0.2) is 69.3 Å². The highest BCUT2D eigenvalue weighted by atomic mass is 19.4. The standard InChI is InChI=1S/C20H29F3N6O2/c1-12(2)10-28-7-8-31-15(11-28)9-24-17(30)6-5-16-13(3)25-19-26-18(20(21,22)23)27-29(19)14(16)4/h12,15H,5-11H2,1-4H3,(H,24,30). The molecule has 3 heterocycles. The van der Waals surface area contributed by atoms with Gasteiger partial charge in [0.1, 0.15) is 0 Å². The number of aromatic nitrogens is 4. The lowest BCUT2D eigenvalue weighted by atomic mass is 10.1. The lowest BCUT2D eigenvalue weighted by molar-refractivity contribution is -0.144. The van der Waals surface area contributed by atoms with E-state index in [-0.39, 0.29) is 24.2 Å². The number of ether oxygens (including phenoxy) is 1. The maximum absolute atomic E-state index is 12.9. The second-order valence-corrected chi connectivity index (χ2v) is 8.36. The van der Waals surface area contributed by atoms with Gasteiger partial charge < -0.3 is 10.1 Å². The summed E-state index contributed by atoms with van der Waals surface area (Å²) < 4.78 is 45.5. The van der Waals surface area contributed by atoms with E-state index in [4.69, 9.17) is 4.74 Å². The van der Waals surface area contributed by atoms with Crippen LogP contribution in [0.3, 0.4) is 0 Å². The number of carbonyl (C=O) groups excluding carboxylic acids is 1. The Morgan fingerprint density at radius 1 is 1.29 bits per heavy atom. The molecule has 2 aromatic heterocycles. The third kappa shape index (κ3) is 5.91. The van der Waals surface area contributed by atoms with Crippen LogP contribution in [-0.2, 0) is 22.1 Å². The van der Waals surface area contributed by atoms with Crippen molar-refractivity contribution >= 4 is 11.7 Å². The molecule has 1 N–H and O–H groups in total. The summed E-state index contributed by atoms with van der Waals surface area (Å²) in [6.07, 6.45) is -4.15. The normalized spacial score (nSPS) is 18.1. The zero-order valence-electron chi connectivity index (χ0n) is 18.3. The van der Waals surface area contributed by atoms with E-state index < -0.39 is 12.0 Å². The third-order valence-electron chi connectivity index (χ3n) is 5.28. The molecule has 172 valence electrons. The Bertz CT molecular complexity index is 928. The zero-order chi connectivity index (χ0) is 22.8. The van der Waals surface area contributed by atoms with Gasteiger partial charge in [-0.25, -0.2) is 9.50 Å². The van der Waals surface area contributed by atoms with E-state index in [2.05, 4.69) is 39.1 Å². The largest absolute Gasteiger partial charge is 0.453 e. The van der Waals surface area contributed by atoms with Gasteiger partial charge >= 0.3 is 6.18 Å². The molecule has 0 radical (unpaired) electrons. The number of hydrogen-bond acceptors (Lipinski definition) is 6. The second-order valence-electron chi connectivity index (χ2n) is 8.36. The summed E-state index contributed by atoms with van der Waals surface area (Å²) in [6, 6.07) is 0. The van der Waals surface area contributed by atoms with E-state index in [1.807, 2.05) is 0 Å². The van der Waals surface area contributed by atoms with Gasteiger partial charge in [-0.2, -0.15) is 18.2 Å². The molecule has 1 saturated heterocycles. The lowest BCUT2D eigenvalue weighted by Gasteiger charge is -2.33. The Kier molecular flexibility index (Phi) is 7.15. The molecule has 1 aliphatic heterocycles. The minimum Gasteiger partial charge on any atom is -0.374 e. The van der Waals surface area contributed by atoms with Crippen LogP contribution in [0.2, 0.25) is 0 Å². The molecule has 11 heteroatoms. The average Bonchev–Trinajstić information content (AvgIpc) is 3.10. The highest BCUT2D eigenvalue weighted by Gasteiger charge is 2.37. The number of amides is 1. The first kappa shape index (κ1) is 23.4. The van der Waals surface area contributed by atoms with Crippen molar-refractivity contribution in [3.05, 3.63) is 22.8 Å². The number of rotatable bonds is 7. The van der Waals surface area contributed by atoms with Gasteiger partial charge in [0.15, 0.2) is 0 Å². The first-order valence-electron chi connectivity index (χ1n) is 10.4. The van der Waals surface area contributed by atoms with Crippen LogP contribution in [0.5, 0.6) is 0 Å². The van der Waals surface area contributed by atoms with Crippen LogP contribution < -0.4 is 5.32 Å². The van der Waals surface area contributed by atoms with Crippen LogP contribution in [0.4, 0.5) is 13.2 Å². The molecule has 3 rings (SSSR count). The fourth-order valence-corrected chi connectivity index (χ4v) is 3.83. The smallest absolute Gasteiger partial charge is 0.374 e. The monoisotopic (exact) mass is 442 g/mol. The number of fused-ring (bicyclic) bond motifs is 1. The third-order valence-corrected chi connectivity index (χ3v) is 5.28. The predicted molar refractivity (Wildman–Crippen MR) is 108 cm³/mol. The van der Waals surface area contributed by atoms with Crippen molar-refractivity contribution in [1.82, 2.24) is 29.8 Å². The van der Waals surface area contributed by atoms with E-state index in [1.54, 1.807) is 13.8 Å². The van der Waals surface area contributed by atoms with E-state index in [0.717, 1.165) is 24.1 Å².